The van der Waals surface area contributed by atoms with E-state index in [-0.39, 0.29) is 13.0 Å². The standard InChI is InChI=1S/C24H23ClF2N6O/c1-3-23(34)31-12-17(10-21(31)24(26)27)33-22(28-2)9-15(30-33)5-4-14-8-19-20(11-18(14)25)32(13-29-19)16-6-7-16/h3,8-9,11,13,16-17,21,24,28H,1,6-7,10,12H2,2H3/t17-,21+/m0/s1. The van der Waals surface area contributed by atoms with Crippen molar-refractivity contribution >= 4 is 34.4 Å². The molecule has 2 fully saturated rings. The maximum atomic E-state index is 13.6. The number of carbonyl (C=O) groups is 1. The van der Waals surface area contributed by atoms with Crippen molar-refractivity contribution in [3.8, 4) is 11.8 Å². The van der Waals surface area contributed by atoms with Crippen LogP contribution in [0.4, 0.5) is 14.6 Å². The van der Waals surface area contributed by atoms with E-state index >= 15 is 0 Å². The smallest absolute Gasteiger partial charge is 0.258 e. The molecule has 1 amide bonds. The predicted octanol–water partition coefficient (Wildman–Crippen LogP) is 4.26. The predicted molar refractivity (Wildman–Crippen MR) is 126 cm³/mol. The molecule has 3 aromatic rings. The number of hydrogen-bond acceptors (Lipinski definition) is 4. The number of hydrogen-bond donors (Lipinski definition) is 1. The van der Waals surface area contributed by atoms with Crippen molar-refractivity contribution in [1.29, 1.82) is 0 Å². The van der Waals surface area contributed by atoms with Crippen LogP contribution in [-0.2, 0) is 4.79 Å². The number of imidazole rings is 1. The molecular formula is C24H23ClF2N6O. The Morgan fingerprint density at radius 1 is 1.29 bits per heavy atom. The van der Waals surface area contributed by atoms with Gasteiger partial charge in [-0.05, 0) is 43.4 Å². The summed E-state index contributed by atoms with van der Waals surface area (Å²) in [5.74, 6) is 6.19. The molecule has 2 aliphatic rings. The van der Waals surface area contributed by atoms with E-state index in [1.54, 1.807) is 17.8 Å². The number of nitrogens with zero attached hydrogens (tertiary/aromatic N) is 5. The first kappa shape index (κ1) is 22.4. The van der Waals surface area contributed by atoms with Gasteiger partial charge in [-0.1, -0.05) is 24.1 Å². The van der Waals surface area contributed by atoms with Crippen molar-refractivity contribution in [2.75, 3.05) is 18.9 Å². The van der Waals surface area contributed by atoms with E-state index in [9.17, 15) is 13.6 Å². The Labute approximate surface area is 200 Å². The first-order valence-corrected chi connectivity index (χ1v) is 11.4. The number of rotatable bonds is 5. The Balaban J connectivity index is 1.42. The summed E-state index contributed by atoms with van der Waals surface area (Å²) in [5.41, 5.74) is 2.93. The Hall–Kier alpha value is -3.38. The van der Waals surface area contributed by atoms with Gasteiger partial charge in [0, 0.05) is 31.3 Å². The van der Waals surface area contributed by atoms with Crippen LogP contribution < -0.4 is 5.32 Å². The van der Waals surface area contributed by atoms with Gasteiger partial charge in [0.1, 0.15) is 11.5 Å². The third kappa shape index (κ3) is 4.03. The highest BCUT2D eigenvalue weighted by molar-refractivity contribution is 6.32. The summed E-state index contributed by atoms with van der Waals surface area (Å²) < 4.78 is 30.9. The Morgan fingerprint density at radius 3 is 2.76 bits per heavy atom. The summed E-state index contributed by atoms with van der Waals surface area (Å²) in [6.45, 7) is 3.54. The first-order valence-electron chi connectivity index (χ1n) is 11.1. The highest BCUT2D eigenvalue weighted by atomic mass is 35.5. The highest BCUT2D eigenvalue weighted by Gasteiger charge is 2.41. The third-order valence-corrected chi connectivity index (χ3v) is 6.65. The summed E-state index contributed by atoms with van der Waals surface area (Å²) in [7, 11) is 1.72. The molecule has 1 saturated carbocycles. The molecule has 2 aromatic heterocycles. The van der Waals surface area contributed by atoms with Crippen LogP contribution >= 0.6 is 11.6 Å². The topological polar surface area (TPSA) is 68.0 Å². The molecule has 1 N–H and O–H groups in total. The van der Waals surface area contributed by atoms with Gasteiger partial charge in [-0.15, -0.1) is 0 Å². The normalized spacial score (nSPS) is 20.0. The number of fused-ring (bicyclic) bond motifs is 1. The van der Waals surface area contributed by atoms with Crippen LogP contribution in [0.15, 0.2) is 37.2 Å². The summed E-state index contributed by atoms with van der Waals surface area (Å²) in [6, 6.07) is 4.41. The van der Waals surface area contributed by atoms with Gasteiger partial charge in [0.05, 0.1) is 34.5 Å². The fourth-order valence-electron chi connectivity index (χ4n) is 4.47. The monoisotopic (exact) mass is 484 g/mol. The van der Waals surface area contributed by atoms with E-state index in [2.05, 4.69) is 38.4 Å². The zero-order valence-electron chi connectivity index (χ0n) is 18.5. The maximum Gasteiger partial charge on any atom is 0.258 e. The van der Waals surface area contributed by atoms with Gasteiger partial charge in [-0.25, -0.2) is 18.4 Å². The minimum absolute atomic E-state index is 0.0899. The van der Waals surface area contributed by atoms with Crippen LogP contribution in [0.1, 0.15) is 42.6 Å². The lowest BCUT2D eigenvalue weighted by Crippen LogP contribution is -2.38. The summed E-state index contributed by atoms with van der Waals surface area (Å²) in [4.78, 5) is 17.7. The number of carbonyl (C=O) groups excluding carboxylic acids is 1. The van der Waals surface area contributed by atoms with Crippen LogP contribution in [0.3, 0.4) is 0 Å². The van der Waals surface area contributed by atoms with E-state index in [1.165, 1.54) is 0 Å². The largest absolute Gasteiger partial charge is 0.373 e. The zero-order chi connectivity index (χ0) is 24.0. The first-order chi connectivity index (χ1) is 16.4. The molecule has 7 nitrogen and oxygen atoms in total. The second kappa shape index (κ2) is 8.76. The third-order valence-electron chi connectivity index (χ3n) is 6.34. The van der Waals surface area contributed by atoms with Crippen LogP contribution in [0.2, 0.25) is 5.02 Å². The molecule has 0 unspecified atom stereocenters. The van der Waals surface area contributed by atoms with Crippen LogP contribution in [0.25, 0.3) is 11.0 Å². The lowest BCUT2D eigenvalue weighted by molar-refractivity contribution is -0.129. The molecule has 176 valence electrons. The van der Waals surface area contributed by atoms with Crippen LogP contribution in [0.5, 0.6) is 0 Å². The van der Waals surface area contributed by atoms with Gasteiger partial charge in [-0.3, -0.25) is 4.79 Å². The van der Waals surface area contributed by atoms with E-state index in [1.807, 2.05) is 18.5 Å². The second-order valence-electron chi connectivity index (χ2n) is 8.55. The fourth-order valence-corrected chi connectivity index (χ4v) is 4.67. The molecule has 1 saturated heterocycles. The highest BCUT2D eigenvalue weighted by Crippen LogP contribution is 2.38. The Bertz CT molecular complexity index is 1330. The Morgan fingerprint density at radius 2 is 2.09 bits per heavy atom. The molecule has 1 aliphatic heterocycles. The molecule has 0 radical (unpaired) electrons. The minimum Gasteiger partial charge on any atom is -0.373 e. The lowest BCUT2D eigenvalue weighted by atomic mass is 10.2. The average molecular weight is 485 g/mol. The van der Waals surface area contributed by atoms with Crippen molar-refractivity contribution in [3.63, 3.8) is 0 Å². The molecule has 1 aromatic carbocycles. The van der Waals surface area contributed by atoms with Crippen LogP contribution in [0, 0.1) is 11.8 Å². The molecule has 0 bridgehead atoms. The number of aromatic nitrogens is 4. The molecule has 10 heteroatoms. The number of anilines is 1. The number of alkyl halides is 2. The molecule has 0 spiro atoms. The molecule has 2 atom stereocenters. The number of halogens is 3. The lowest BCUT2D eigenvalue weighted by Gasteiger charge is -2.21. The van der Waals surface area contributed by atoms with Gasteiger partial charge in [0.25, 0.3) is 6.43 Å². The van der Waals surface area contributed by atoms with Gasteiger partial charge < -0.3 is 14.8 Å². The van der Waals surface area contributed by atoms with Crippen LogP contribution in [-0.4, -0.2) is 56.2 Å². The molecule has 1 aliphatic carbocycles. The number of amides is 1. The number of likely N-dealkylation sites (tertiary alicyclic amines) is 1. The van der Waals surface area contributed by atoms with E-state index in [0.717, 1.165) is 34.9 Å². The van der Waals surface area contributed by atoms with Crippen molar-refractivity contribution < 1.29 is 13.6 Å². The number of nitrogens with one attached hydrogen (secondary N) is 1. The molecule has 3 heterocycles. The van der Waals surface area contributed by atoms with Gasteiger partial charge in [0.15, 0.2) is 0 Å². The minimum atomic E-state index is -2.65. The summed E-state index contributed by atoms with van der Waals surface area (Å²) in [6.07, 6.45) is 2.64. The molecular weight excluding hydrogens is 462 g/mol. The second-order valence-corrected chi connectivity index (χ2v) is 8.96. The average Bonchev–Trinajstić information content (AvgIpc) is 3.25. The van der Waals surface area contributed by atoms with Crippen molar-refractivity contribution in [2.45, 2.75) is 43.8 Å². The molecule has 34 heavy (non-hydrogen) atoms. The van der Waals surface area contributed by atoms with Crippen molar-refractivity contribution in [3.05, 3.63) is 53.5 Å². The van der Waals surface area contributed by atoms with E-state index in [0.29, 0.717) is 28.1 Å². The summed E-state index contributed by atoms with van der Waals surface area (Å²) in [5, 5.41) is 8.09. The van der Waals surface area contributed by atoms with E-state index < -0.39 is 24.4 Å². The molecule has 5 rings (SSSR count). The van der Waals surface area contributed by atoms with Crippen molar-refractivity contribution in [1.82, 2.24) is 24.2 Å². The Kier molecular flexibility index (Phi) is 5.78. The van der Waals surface area contributed by atoms with E-state index in [4.69, 9.17) is 11.6 Å². The maximum absolute atomic E-state index is 13.6. The zero-order valence-corrected chi connectivity index (χ0v) is 19.3. The SMILES string of the molecule is C=CC(=O)N1C[C@@H](n2nc(C#Cc3cc4ncn(C5CC5)c4cc3Cl)cc2NC)C[C@@H]1C(F)F. The van der Waals surface area contributed by atoms with Gasteiger partial charge >= 0.3 is 0 Å². The van der Waals surface area contributed by atoms with Gasteiger partial charge in [-0.2, -0.15) is 5.10 Å². The fraction of sp³-hybridized carbons (Fsp3) is 0.375. The van der Waals surface area contributed by atoms with Gasteiger partial charge in [0.2, 0.25) is 5.91 Å². The van der Waals surface area contributed by atoms with Crippen molar-refractivity contribution in [2.24, 2.45) is 0 Å². The quantitative estimate of drug-likeness (QED) is 0.434. The number of benzene rings is 1. The summed E-state index contributed by atoms with van der Waals surface area (Å²) >= 11 is 6.50.